The van der Waals surface area contributed by atoms with Crippen LogP contribution in [0.1, 0.15) is 46.0 Å². The molecule has 8 heteroatoms. The number of nitrogens with zero attached hydrogens (tertiary/aromatic N) is 2. The molecular weight excluding hydrogens is 328 g/mol. The van der Waals surface area contributed by atoms with E-state index in [1.807, 2.05) is 0 Å². The molecule has 1 fully saturated rings. The van der Waals surface area contributed by atoms with E-state index in [4.69, 9.17) is 4.84 Å². The molecule has 0 radical (unpaired) electrons. The Morgan fingerprint density at radius 2 is 1.68 bits per heavy atom. The second kappa shape index (κ2) is 8.04. The minimum Gasteiger partial charge on any atom is -0.330 e. The molecule has 2 aliphatic rings. The molecule has 0 bridgehead atoms. The van der Waals surface area contributed by atoms with Crippen molar-refractivity contribution in [2.75, 3.05) is 6.54 Å². The first-order chi connectivity index (χ1) is 11.8. The maximum atomic E-state index is 12.2. The summed E-state index contributed by atoms with van der Waals surface area (Å²) in [5.41, 5.74) is 0. The van der Waals surface area contributed by atoms with Crippen LogP contribution in [0.25, 0.3) is 0 Å². The number of carbonyl (C=O) groups is 5. The van der Waals surface area contributed by atoms with Gasteiger partial charge < -0.3 is 4.84 Å². The Morgan fingerprint density at radius 1 is 1.12 bits per heavy atom. The summed E-state index contributed by atoms with van der Waals surface area (Å²) in [6.45, 7) is 3.09. The highest BCUT2D eigenvalue weighted by Crippen LogP contribution is 2.31. The second-order valence-corrected chi connectivity index (χ2v) is 6.31. The number of hydrogen-bond donors (Lipinski definition) is 0. The minimum absolute atomic E-state index is 0.0610. The number of hydrogen-bond acceptors (Lipinski definition) is 6. The lowest BCUT2D eigenvalue weighted by molar-refractivity contribution is -0.205. The van der Waals surface area contributed by atoms with Gasteiger partial charge in [0.05, 0.1) is 5.92 Å². The molecule has 4 amide bonds. The highest BCUT2D eigenvalue weighted by Gasteiger charge is 2.33. The molecule has 0 aromatic carbocycles. The van der Waals surface area contributed by atoms with Crippen molar-refractivity contribution < 1.29 is 28.8 Å². The summed E-state index contributed by atoms with van der Waals surface area (Å²) in [4.78, 5) is 64.6. The van der Waals surface area contributed by atoms with E-state index in [-0.39, 0.29) is 24.2 Å². The van der Waals surface area contributed by atoms with E-state index < -0.39 is 23.7 Å². The zero-order valence-corrected chi connectivity index (χ0v) is 14.4. The fourth-order valence-corrected chi connectivity index (χ4v) is 3.05. The topological polar surface area (TPSA) is 101 Å². The first-order valence-electron chi connectivity index (χ1n) is 8.42. The van der Waals surface area contributed by atoms with Gasteiger partial charge in [-0.2, -0.15) is 0 Å². The standard InChI is InChI=1S/C17H22N2O6/c1-3-14(21)19(11(2)20)25-17(24)13-6-4-12(5-7-13)10-18-15(22)8-9-16(18)23/h8-9,12-13H,3-7,10H2,1-2H3. The molecule has 1 saturated carbocycles. The van der Waals surface area contributed by atoms with Crippen LogP contribution in [0.3, 0.4) is 0 Å². The molecule has 2 rings (SSSR count). The van der Waals surface area contributed by atoms with Crippen LogP contribution in [0, 0.1) is 11.8 Å². The second-order valence-electron chi connectivity index (χ2n) is 6.31. The van der Waals surface area contributed by atoms with E-state index in [0.29, 0.717) is 37.3 Å². The Bertz CT molecular complexity index is 601. The fourth-order valence-electron chi connectivity index (χ4n) is 3.05. The van der Waals surface area contributed by atoms with Crippen LogP contribution in [0.15, 0.2) is 12.2 Å². The molecule has 1 heterocycles. The molecule has 0 saturated heterocycles. The molecule has 0 atom stereocenters. The van der Waals surface area contributed by atoms with E-state index in [1.54, 1.807) is 6.92 Å². The lowest BCUT2D eigenvalue weighted by Gasteiger charge is -2.30. The van der Waals surface area contributed by atoms with Crippen molar-refractivity contribution in [2.45, 2.75) is 46.0 Å². The maximum absolute atomic E-state index is 12.2. The van der Waals surface area contributed by atoms with Crippen molar-refractivity contribution in [2.24, 2.45) is 11.8 Å². The SMILES string of the molecule is CCC(=O)N(OC(=O)C1CCC(CN2C(=O)C=CC2=O)CC1)C(C)=O. The van der Waals surface area contributed by atoms with Gasteiger partial charge in [0.15, 0.2) is 0 Å². The first-order valence-corrected chi connectivity index (χ1v) is 8.42. The highest BCUT2D eigenvalue weighted by atomic mass is 16.7. The fraction of sp³-hybridized carbons (Fsp3) is 0.588. The zero-order chi connectivity index (χ0) is 18.6. The summed E-state index contributed by atoms with van der Waals surface area (Å²) in [6.07, 6.45) is 4.96. The molecule has 0 spiro atoms. The van der Waals surface area contributed by atoms with Gasteiger partial charge in [0.25, 0.3) is 23.6 Å². The van der Waals surface area contributed by atoms with Crippen LogP contribution < -0.4 is 0 Å². The molecule has 25 heavy (non-hydrogen) atoms. The zero-order valence-electron chi connectivity index (χ0n) is 14.4. The number of carbonyl (C=O) groups excluding carboxylic acids is 5. The van der Waals surface area contributed by atoms with Crippen molar-refractivity contribution in [3.63, 3.8) is 0 Å². The predicted octanol–water partition coefficient (Wildman–Crippen LogP) is 0.961. The smallest absolute Gasteiger partial charge is 0.330 e. The van der Waals surface area contributed by atoms with Crippen LogP contribution in [-0.2, 0) is 28.8 Å². The molecular formula is C17H22N2O6. The molecule has 8 nitrogen and oxygen atoms in total. The van der Waals surface area contributed by atoms with Gasteiger partial charge in [0.2, 0.25) is 0 Å². The van der Waals surface area contributed by atoms with Gasteiger partial charge in [-0.1, -0.05) is 6.92 Å². The summed E-state index contributed by atoms with van der Waals surface area (Å²) in [5, 5.41) is 0.516. The Kier molecular flexibility index (Phi) is 6.06. The van der Waals surface area contributed by atoms with Gasteiger partial charge >= 0.3 is 5.97 Å². The monoisotopic (exact) mass is 350 g/mol. The quantitative estimate of drug-likeness (QED) is 0.553. The molecule has 0 aromatic heterocycles. The third-order valence-corrected chi connectivity index (χ3v) is 4.52. The van der Waals surface area contributed by atoms with Crippen LogP contribution in [-0.4, -0.2) is 46.1 Å². The Morgan fingerprint density at radius 3 is 2.16 bits per heavy atom. The largest absolute Gasteiger partial charge is 0.336 e. The number of amides is 4. The van der Waals surface area contributed by atoms with Crippen molar-refractivity contribution in [1.29, 1.82) is 0 Å². The molecule has 0 N–H and O–H groups in total. The normalized spacial score (nSPS) is 22.9. The molecule has 0 aromatic rings. The summed E-state index contributed by atoms with van der Waals surface area (Å²) in [7, 11) is 0. The van der Waals surface area contributed by atoms with E-state index in [2.05, 4.69) is 0 Å². The minimum atomic E-state index is -0.632. The number of rotatable bonds is 4. The van der Waals surface area contributed by atoms with E-state index in [0.717, 1.165) is 6.92 Å². The van der Waals surface area contributed by atoms with Crippen LogP contribution in [0.4, 0.5) is 0 Å². The summed E-state index contributed by atoms with van der Waals surface area (Å²) < 4.78 is 0. The number of hydroxylamine groups is 2. The average Bonchev–Trinajstić information content (AvgIpc) is 2.91. The Labute approximate surface area is 145 Å². The lowest BCUT2D eigenvalue weighted by atomic mass is 9.82. The number of imide groups is 2. The van der Waals surface area contributed by atoms with Crippen LogP contribution in [0.2, 0.25) is 0 Å². The third-order valence-electron chi connectivity index (χ3n) is 4.52. The van der Waals surface area contributed by atoms with Gasteiger partial charge in [-0.3, -0.25) is 24.1 Å². The predicted molar refractivity (Wildman–Crippen MR) is 85.2 cm³/mol. The highest BCUT2D eigenvalue weighted by molar-refractivity contribution is 6.12. The van der Waals surface area contributed by atoms with Gasteiger partial charge in [-0.15, -0.1) is 5.06 Å². The van der Waals surface area contributed by atoms with Gasteiger partial charge in [-0.25, -0.2) is 4.79 Å². The Balaban J connectivity index is 1.84. The Hall–Kier alpha value is -2.51. The van der Waals surface area contributed by atoms with Gasteiger partial charge in [0, 0.05) is 32.0 Å². The van der Waals surface area contributed by atoms with E-state index in [1.165, 1.54) is 17.1 Å². The summed E-state index contributed by atoms with van der Waals surface area (Å²) >= 11 is 0. The van der Waals surface area contributed by atoms with E-state index >= 15 is 0 Å². The third kappa shape index (κ3) is 4.52. The van der Waals surface area contributed by atoms with Crippen molar-refractivity contribution in [3.8, 4) is 0 Å². The van der Waals surface area contributed by atoms with E-state index in [9.17, 15) is 24.0 Å². The molecule has 0 unspecified atom stereocenters. The van der Waals surface area contributed by atoms with Crippen LogP contribution >= 0.6 is 0 Å². The summed E-state index contributed by atoms with van der Waals surface area (Å²) in [6, 6.07) is 0. The van der Waals surface area contributed by atoms with Crippen LogP contribution in [0.5, 0.6) is 0 Å². The summed E-state index contributed by atoms with van der Waals surface area (Å²) in [5.74, 6) is -2.65. The average molecular weight is 350 g/mol. The molecule has 136 valence electrons. The maximum Gasteiger partial charge on any atom is 0.336 e. The first kappa shape index (κ1) is 18.8. The molecule has 1 aliphatic carbocycles. The lowest BCUT2D eigenvalue weighted by Crippen LogP contribution is -2.40. The van der Waals surface area contributed by atoms with Gasteiger partial charge in [-0.05, 0) is 31.6 Å². The van der Waals surface area contributed by atoms with Gasteiger partial charge in [0.1, 0.15) is 0 Å². The van der Waals surface area contributed by atoms with Crippen molar-refractivity contribution in [3.05, 3.63) is 12.2 Å². The molecule has 1 aliphatic heterocycles. The van der Waals surface area contributed by atoms with Crippen molar-refractivity contribution >= 4 is 29.6 Å². The van der Waals surface area contributed by atoms with Crippen molar-refractivity contribution in [1.82, 2.24) is 9.96 Å².